The van der Waals surface area contributed by atoms with Gasteiger partial charge in [-0.2, -0.15) is 0 Å². The summed E-state index contributed by atoms with van der Waals surface area (Å²) in [7, 11) is 2.74. The third kappa shape index (κ3) is 4.84. The van der Waals surface area contributed by atoms with Gasteiger partial charge in [0.25, 0.3) is 5.56 Å². The van der Waals surface area contributed by atoms with Gasteiger partial charge in [0, 0.05) is 7.11 Å². The highest BCUT2D eigenvalue weighted by atomic mass is 32.1. The van der Waals surface area contributed by atoms with Crippen LogP contribution in [0.15, 0.2) is 35.4 Å². The number of para-hydroxylation sites is 1. The molecule has 32 heavy (non-hydrogen) atoms. The van der Waals surface area contributed by atoms with Crippen LogP contribution >= 0.6 is 11.3 Å². The normalized spacial score (nSPS) is 10.7. The van der Waals surface area contributed by atoms with Crippen molar-refractivity contribution in [3.63, 3.8) is 0 Å². The first-order valence-electron chi connectivity index (χ1n) is 9.49. The molecule has 0 bridgehead atoms. The number of carbonyl (C=O) groups is 3. The van der Waals surface area contributed by atoms with Gasteiger partial charge in [-0.15, -0.1) is 11.3 Å². The summed E-state index contributed by atoms with van der Waals surface area (Å²) in [6.07, 6.45) is 1.24. The van der Waals surface area contributed by atoms with Gasteiger partial charge in [-0.1, -0.05) is 12.1 Å². The van der Waals surface area contributed by atoms with E-state index in [0.29, 0.717) is 10.4 Å². The van der Waals surface area contributed by atoms with Crippen molar-refractivity contribution in [1.29, 1.82) is 0 Å². The van der Waals surface area contributed by atoms with E-state index in [0.717, 1.165) is 15.9 Å². The summed E-state index contributed by atoms with van der Waals surface area (Å²) in [5, 5.41) is 2.85. The summed E-state index contributed by atoms with van der Waals surface area (Å²) in [6, 6.07) is 6.37. The van der Waals surface area contributed by atoms with Crippen LogP contribution in [0, 0.1) is 6.92 Å². The molecule has 2 aromatic heterocycles. The fraction of sp³-hybridized carbons (Fsp3) is 0.286. The Morgan fingerprint density at radius 3 is 2.59 bits per heavy atom. The Labute approximate surface area is 186 Å². The van der Waals surface area contributed by atoms with E-state index in [-0.39, 0.29) is 41.3 Å². The lowest BCUT2D eigenvalue weighted by Gasteiger charge is -2.10. The minimum Gasteiger partial charge on any atom is -0.465 e. The molecule has 0 spiro atoms. The molecule has 3 aromatic rings. The Morgan fingerprint density at radius 1 is 1.12 bits per heavy atom. The van der Waals surface area contributed by atoms with Crippen LogP contribution in [0.5, 0.6) is 0 Å². The van der Waals surface area contributed by atoms with E-state index in [1.807, 2.05) is 0 Å². The smallest absolute Gasteiger partial charge is 0.348 e. The number of fused-ring (bicyclic) bond motifs is 1. The number of hydrogen-bond donors (Lipinski definition) is 1. The molecule has 1 N–H and O–H groups in total. The van der Waals surface area contributed by atoms with Gasteiger partial charge in [0.05, 0.1) is 36.7 Å². The van der Waals surface area contributed by atoms with E-state index in [4.69, 9.17) is 14.2 Å². The molecule has 2 heterocycles. The quantitative estimate of drug-likeness (QED) is 0.400. The zero-order chi connectivity index (χ0) is 23.3. The first kappa shape index (κ1) is 23.1. The number of hydrogen-bond acceptors (Lipinski definition) is 9. The number of thiophene rings is 1. The van der Waals surface area contributed by atoms with E-state index >= 15 is 0 Å². The molecule has 0 fully saturated rings. The number of rotatable bonds is 8. The van der Waals surface area contributed by atoms with E-state index in [2.05, 4.69) is 10.3 Å². The topological polar surface area (TPSA) is 126 Å². The lowest BCUT2D eigenvalue weighted by Crippen LogP contribution is -2.28. The molecule has 0 unspecified atom stereocenters. The van der Waals surface area contributed by atoms with Crippen molar-refractivity contribution in [3.05, 3.63) is 57.0 Å². The molecule has 1 aromatic carbocycles. The predicted molar refractivity (Wildman–Crippen MR) is 117 cm³/mol. The van der Waals surface area contributed by atoms with Crippen LogP contribution in [0.1, 0.15) is 25.6 Å². The number of ether oxygens (including phenoxy) is 3. The van der Waals surface area contributed by atoms with Crippen LogP contribution in [0.2, 0.25) is 0 Å². The van der Waals surface area contributed by atoms with E-state index < -0.39 is 23.4 Å². The molecule has 0 saturated carbocycles. The summed E-state index contributed by atoms with van der Waals surface area (Å²) < 4.78 is 15.8. The maximum atomic E-state index is 13.0. The van der Waals surface area contributed by atoms with Crippen LogP contribution in [0.3, 0.4) is 0 Å². The van der Waals surface area contributed by atoms with Crippen molar-refractivity contribution in [3.8, 4) is 0 Å². The van der Waals surface area contributed by atoms with Crippen molar-refractivity contribution in [2.24, 2.45) is 0 Å². The molecule has 0 aliphatic carbocycles. The number of nitrogens with zero attached hydrogens (tertiary/aromatic N) is 2. The third-order valence-electron chi connectivity index (χ3n) is 4.54. The molecule has 0 aliphatic heterocycles. The first-order chi connectivity index (χ1) is 15.4. The van der Waals surface area contributed by atoms with Gasteiger partial charge >= 0.3 is 11.9 Å². The van der Waals surface area contributed by atoms with Crippen LogP contribution in [0.25, 0.3) is 10.2 Å². The zero-order valence-electron chi connectivity index (χ0n) is 17.7. The number of aromatic nitrogens is 2. The second kappa shape index (κ2) is 10.2. The first-order valence-corrected chi connectivity index (χ1v) is 10.3. The average molecular weight is 459 g/mol. The lowest BCUT2D eigenvalue weighted by atomic mass is 10.2. The second-order valence-corrected chi connectivity index (χ2v) is 7.63. The van der Waals surface area contributed by atoms with Crippen LogP contribution in [0.4, 0.5) is 5.69 Å². The van der Waals surface area contributed by atoms with Crippen molar-refractivity contribution >= 4 is 45.1 Å². The summed E-state index contributed by atoms with van der Waals surface area (Å²) in [5.41, 5.74) is 0.431. The number of esters is 2. The molecule has 168 valence electrons. The number of benzene rings is 1. The summed E-state index contributed by atoms with van der Waals surface area (Å²) in [6.45, 7) is 1.65. The lowest BCUT2D eigenvalue weighted by molar-refractivity contribution is -0.116. The Bertz CT molecular complexity index is 1230. The summed E-state index contributed by atoms with van der Waals surface area (Å²) in [5.74, 6) is -1.69. The largest absolute Gasteiger partial charge is 0.465 e. The molecule has 0 aliphatic rings. The Hall–Kier alpha value is -3.57. The highest BCUT2D eigenvalue weighted by Crippen LogP contribution is 2.27. The molecule has 1 amide bonds. The standard InChI is InChI=1S/C21H21N3O7S/c1-12-16-18(32-17(12)21(28)31-9-8-29-2)22-11-24(19(16)26)10-15(25)23-14-7-5-4-6-13(14)20(27)30-3/h4-7,11H,8-10H2,1-3H3,(H,23,25). The number of methoxy groups -OCH3 is 2. The van der Waals surface area contributed by atoms with Gasteiger partial charge in [-0.05, 0) is 24.6 Å². The van der Waals surface area contributed by atoms with E-state index in [1.165, 1.54) is 26.6 Å². The van der Waals surface area contributed by atoms with Gasteiger partial charge in [-0.3, -0.25) is 14.2 Å². The van der Waals surface area contributed by atoms with Crippen molar-refractivity contribution in [2.75, 3.05) is 32.8 Å². The minimum absolute atomic E-state index is 0.0912. The number of nitrogens with one attached hydrogen (secondary N) is 1. The molecule has 0 radical (unpaired) electrons. The third-order valence-corrected chi connectivity index (χ3v) is 5.72. The summed E-state index contributed by atoms with van der Waals surface area (Å²) in [4.78, 5) is 54.5. The average Bonchev–Trinajstić information content (AvgIpc) is 3.12. The number of aryl methyl sites for hydroxylation is 1. The molecular formula is C21H21N3O7S. The van der Waals surface area contributed by atoms with Crippen LogP contribution in [-0.2, 0) is 25.5 Å². The van der Waals surface area contributed by atoms with Gasteiger partial charge < -0.3 is 19.5 Å². The summed E-state index contributed by atoms with van der Waals surface area (Å²) >= 11 is 1.05. The van der Waals surface area contributed by atoms with Crippen molar-refractivity contribution < 1.29 is 28.6 Å². The maximum Gasteiger partial charge on any atom is 0.348 e. The molecule has 11 heteroatoms. The number of amides is 1. The zero-order valence-corrected chi connectivity index (χ0v) is 18.5. The fourth-order valence-electron chi connectivity index (χ4n) is 2.97. The van der Waals surface area contributed by atoms with Gasteiger partial charge in [0.15, 0.2) is 0 Å². The van der Waals surface area contributed by atoms with Crippen LogP contribution in [-0.4, -0.2) is 54.8 Å². The maximum absolute atomic E-state index is 13.0. The molecule has 10 nitrogen and oxygen atoms in total. The number of anilines is 1. The van der Waals surface area contributed by atoms with Gasteiger partial charge in [-0.25, -0.2) is 14.6 Å². The molecule has 0 saturated heterocycles. The van der Waals surface area contributed by atoms with Crippen molar-refractivity contribution in [1.82, 2.24) is 9.55 Å². The van der Waals surface area contributed by atoms with Crippen molar-refractivity contribution in [2.45, 2.75) is 13.5 Å². The molecule has 3 rings (SSSR count). The van der Waals surface area contributed by atoms with Crippen LogP contribution < -0.4 is 10.9 Å². The Kier molecular flexibility index (Phi) is 7.33. The second-order valence-electron chi connectivity index (χ2n) is 6.63. The molecule has 0 atom stereocenters. The number of carbonyl (C=O) groups excluding carboxylic acids is 3. The SMILES string of the molecule is COCCOC(=O)c1sc2ncn(CC(=O)Nc3ccccc3C(=O)OC)c(=O)c2c1C. The monoisotopic (exact) mass is 459 g/mol. The van der Waals surface area contributed by atoms with Gasteiger partial charge in [0.1, 0.15) is 22.9 Å². The van der Waals surface area contributed by atoms with E-state index in [9.17, 15) is 19.2 Å². The van der Waals surface area contributed by atoms with E-state index in [1.54, 1.807) is 25.1 Å². The highest BCUT2D eigenvalue weighted by Gasteiger charge is 2.21. The highest BCUT2D eigenvalue weighted by molar-refractivity contribution is 7.20. The Morgan fingerprint density at radius 2 is 1.88 bits per heavy atom. The predicted octanol–water partition coefficient (Wildman–Crippen LogP) is 1.99. The minimum atomic E-state index is -0.597. The van der Waals surface area contributed by atoms with Gasteiger partial charge in [0.2, 0.25) is 5.91 Å². The fourth-order valence-corrected chi connectivity index (χ4v) is 4.01. The molecular weight excluding hydrogens is 438 g/mol. The Balaban J connectivity index is 1.83.